The smallest absolute Gasteiger partial charge is 0.313 e. The normalized spacial score (nSPS) is 10.9. The van der Waals surface area contributed by atoms with Gasteiger partial charge in [-0.3, -0.25) is 4.79 Å². The van der Waals surface area contributed by atoms with Crippen molar-refractivity contribution >= 4 is 17.7 Å². The van der Waals surface area contributed by atoms with Crippen LogP contribution in [0.4, 0.5) is 0 Å². The van der Waals surface area contributed by atoms with Gasteiger partial charge in [-0.15, -0.1) is 0 Å². The number of nitrogens with zero attached hydrogens (tertiary/aromatic N) is 3. The van der Waals surface area contributed by atoms with Crippen molar-refractivity contribution in [3.8, 4) is 5.82 Å². The highest BCUT2D eigenvalue weighted by molar-refractivity contribution is 7.99. The average Bonchev–Trinajstić information content (AvgIpc) is 2.79. The van der Waals surface area contributed by atoms with Crippen LogP contribution in [0.3, 0.4) is 0 Å². The molecule has 0 saturated carbocycles. The van der Waals surface area contributed by atoms with E-state index in [0.29, 0.717) is 11.7 Å². The van der Waals surface area contributed by atoms with Gasteiger partial charge in [-0.1, -0.05) is 31.7 Å². The zero-order valence-electron chi connectivity index (χ0n) is 11.5. The van der Waals surface area contributed by atoms with Crippen molar-refractivity contribution in [2.75, 3.05) is 5.75 Å². The SMILES string of the molecule is CC(C)Cc1cc(SCC(=O)O)n(-c2ccccn2)n1. The molecule has 2 heterocycles. The Morgan fingerprint density at radius 3 is 2.85 bits per heavy atom. The van der Waals surface area contributed by atoms with Crippen LogP contribution >= 0.6 is 11.8 Å². The summed E-state index contributed by atoms with van der Waals surface area (Å²) in [6.45, 7) is 4.26. The summed E-state index contributed by atoms with van der Waals surface area (Å²) in [5.74, 6) is 0.378. The van der Waals surface area contributed by atoms with Crippen LogP contribution in [-0.4, -0.2) is 31.6 Å². The molecule has 2 aromatic rings. The van der Waals surface area contributed by atoms with Crippen molar-refractivity contribution in [1.82, 2.24) is 14.8 Å². The Labute approximate surface area is 122 Å². The molecule has 5 nitrogen and oxygen atoms in total. The number of aliphatic carboxylic acids is 1. The summed E-state index contributed by atoms with van der Waals surface area (Å²) in [5.41, 5.74) is 0.957. The number of carboxylic acid groups (broad SMARTS) is 1. The number of hydrogen-bond acceptors (Lipinski definition) is 4. The maximum atomic E-state index is 10.7. The van der Waals surface area contributed by atoms with Crippen LogP contribution in [0.1, 0.15) is 19.5 Å². The predicted molar refractivity (Wildman–Crippen MR) is 78.3 cm³/mol. The van der Waals surface area contributed by atoms with Crippen molar-refractivity contribution in [1.29, 1.82) is 0 Å². The van der Waals surface area contributed by atoms with Crippen LogP contribution < -0.4 is 0 Å². The van der Waals surface area contributed by atoms with Gasteiger partial charge in [0.05, 0.1) is 11.4 Å². The topological polar surface area (TPSA) is 68.0 Å². The molecule has 0 fully saturated rings. The van der Waals surface area contributed by atoms with E-state index in [1.807, 2.05) is 24.3 Å². The first kappa shape index (κ1) is 14.6. The molecule has 0 atom stereocenters. The fourth-order valence-corrected chi connectivity index (χ4v) is 2.56. The molecule has 2 rings (SSSR count). The van der Waals surface area contributed by atoms with Gasteiger partial charge in [0.1, 0.15) is 5.03 Å². The van der Waals surface area contributed by atoms with Crippen molar-refractivity contribution in [2.24, 2.45) is 5.92 Å². The van der Waals surface area contributed by atoms with Crippen molar-refractivity contribution < 1.29 is 9.90 Å². The molecule has 106 valence electrons. The third-order valence-corrected chi connectivity index (χ3v) is 3.53. The second-order valence-electron chi connectivity index (χ2n) is 4.85. The zero-order chi connectivity index (χ0) is 14.5. The molecule has 0 aromatic carbocycles. The van der Waals surface area contributed by atoms with E-state index < -0.39 is 5.97 Å². The van der Waals surface area contributed by atoms with E-state index >= 15 is 0 Å². The van der Waals surface area contributed by atoms with Crippen LogP contribution in [-0.2, 0) is 11.2 Å². The Bertz CT molecular complexity index is 581. The van der Waals surface area contributed by atoms with Gasteiger partial charge >= 0.3 is 5.97 Å². The minimum Gasteiger partial charge on any atom is -0.481 e. The number of hydrogen-bond donors (Lipinski definition) is 1. The Morgan fingerprint density at radius 2 is 2.25 bits per heavy atom. The fourth-order valence-electron chi connectivity index (χ4n) is 1.81. The second-order valence-corrected chi connectivity index (χ2v) is 5.85. The first-order chi connectivity index (χ1) is 9.56. The summed E-state index contributed by atoms with van der Waals surface area (Å²) < 4.78 is 1.71. The van der Waals surface area contributed by atoms with Crippen LogP contribution in [0, 0.1) is 5.92 Å². The number of carbonyl (C=O) groups is 1. The van der Waals surface area contributed by atoms with Crippen molar-refractivity contribution in [3.63, 3.8) is 0 Å². The van der Waals surface area contributed by atoms with E-state index in [4.69, 9.17) is 5.11 Å². The summed E-state index contributed by atoms with van der Waals surface area (Å²) in [7, 11) is 0. The van der Waals surface area contributed by atoms with E-state index in [-0.39, 0.29) is 5.75 Å². The Balaban J connectivity index is 2.31. The minimum atomic E-state index is -0.839. The lowest BCUT2D eigenvalue weighted by Gasteiger charge is -2.04. The molecule has 2 aromatic heterocycles. The molecule has 0 amide bonds. The highest BCUT2D eigenvalue weighted by Crippen LogP contribution is 2.23. The molecule has 0 bridgehead atoms. The molecule has 1 N–H and O–H groups in total. The van der Waals surface area contributed by atoms with E-state index in [0.717, 1.165) is 17.1 Å². The highest BCUT2D eigenvalue weighted by Gasteiger charge is 2.13. The number of rotatable bonds is 6. The molecular formula is C14H17N3O2S. The first-order valence-electron chi connectivity index (χ1n) is 6.41. The van der Waals surface area contributed by atoms with Crippen molar-refractivity contribution in [2.45, 2.75) is 25.3 Å². The zero-order valence-corrected chi connectivity index (χ0v) is 12.3. The fraction of sp³-hybridized carbons (Fsp3) is 0.357. The second kappa shape index (κ2) is 6.56. The maximum Gasteiger partial charge on any atom is 0.313 e. The largest absolute Gasteiger partial charge is 0.481 e. The molecule has 0 aliphatic heterocycles. The van der Waals surface area contributed by atoms with Gasteiger partial charge in [0, 0.05) is 6.20 Å². The Morgan fingerprint density at radius 1 is 1.45 bits per heavy atom. The van der Waals surface area contributed by atoms with Crippen LogP contribution in [0.15, 0.2) is 35.5 Å². The van der Waals surface area contributed by atoms with E-state index in [9.17, 15) is 4.79 Å². The number of aromatic nitrogens is 3. The van der Waals surface area contributed by atoms with Crippen LogP contribution in [0.2, 0.25) is 0 Å². The number of pyridine rings is 1. The molecule has 0 saturated heterocycles. The standard InChI is InChI=1S/C14H17N3O2S/c1-10(2)7-11-8-13(20-9-14(18)19)17(16-11)12-5-3-4-6-15-12/h3-6,8,10H,7,9H2,1-2H3,(H,18,19). The van der Waals surface area contributed by atoms with Gasteiger partial charge < -0.3 is 5.11 Å². The maximum absolute atomic E-state index is 10.7. The third-order valence-electron chi connectivity index (χ3n) is 2.55. The molecule has 20 heavy (non-hydrogen) atoms. The lowest BCUT2D eigenvalue weighted by Crippen LogP contribution is -2.04. The van der Waals surface area contributed by atoms with Gasteiger partial charge in [0.15, 0.2) is 5.82 Å². The predicted octanol–water partition coefficient (Wildman–Crippen LogP) is 2.64. The lowest BCUT2D eigenvalue weighted by atomic mass is 10.1. The van der Waals surface area contributed by atoms with Gasteiger partial charge in [-0.25, -0.2) is 9.67 Å². The summed E-state index contributed by atoms with van der Waals surface area (Å²) in [5, 5.41) is 14.2. The first-order valence-corrected chi connectivity index (χ1v) is 7.39. The van der Waals surface area contributed by atoms with Crippen LogP contribution in [0.5, 0.6) is 0 Å². The van der Waals surface area contributed by atoms with Crippen molar-refractivity contribution in [3.05, 3.63) is 36.2 Å². The molecule has 6 heteroatoms. The van der Waals surface area contributed by atoms with E-state index in [1.165, 1.54) is 11.8 Å². The molecule has 0 aliphatic carbocycles. The summed E-state index contributed by atoms with van der Waals surface area (Å²) in [6.07, 6.45) is 2.56. The highest BCUT2D eigenvalue weighted by atomic mass is 32.2. The Hall–Kier alpha value is -1.82. The summed E-state index contributed by atoms with van der Waals surface area (Å²) >= 11 is 1.26. The van der Waals surface area contributed by atoms with E-state index in [2.05, 4.69) is 23.9 Å². The monoisotopic (exact) mass is 291 g/mol. The molecule has 0 spiro atoms. The summed E-state index contributed by atoms with van der Waals surface area (Å²) in [6, 6.07) is 7.53. The number of thioether (sulfide) groups is 1. The van der Waals surface area contributed by atoms with Gasteiger partial charge in [-0.2, -0.15) is 5.10 Å². The number of carboxylic acids is 1. The lowest BCUT2D eigenvalue weighted by molar-refractivity contribution is -0.133. The third kappa shape index (κ3) is 3.84. The van der Waals surface area contributed by atoms with Crippen LogP contribution in [0.25, 0.3) is 5.82 Å². The summed E-state index contributed by atoms with van der Waals surface area (Å²) in [4.78, 5) is 15.0. The van der Waals surface area contributed by atoms with Gasteiger partial charge in [0.25, 0.3) is 0 Å². The Kier molecular flexibility index (Phi) is 4.79. The van der Waals surface area contributed by atoms with Gasteiger partial charge in [0.2, 0.25) is 0 Å². The molecule has 0 radical (unpaired) electrons. The molecular weight excluding hydrogens is 274 g/mol. The van der Waals surface area contributed by atoms with Gasteiger partial charge in [-0.05, 0) is 30.5 Å². The molecule has 0 aliphatic rings. The minimum absolute atomic E-state index is 0.0135. The molecule has 0 unspecified atom stereocenters. The average molecular weight is 291 g/mol. The quantitative estimate of drug-likeness (QED) is 0.829. The van der Waals surface area contributed by atoms with E-state index in [1.54, 1.807) is 10.9 Å².